The number of benzene rings is 1. The van der Waals surface area contributed by atoms with E-state index < -0.39 is 0 Å². The molecule has 32 heavy (non-hydrogen) atoms. The van der Waals surface area contributed by atoms with Crippen LogP contribution >= 0.6 is 23.1 Å². The van der Waals surface area contributed by atoms with Gasteiger partial charge in [0.25, 0.3) is 0 Å². The van der Waals surface area contributed by atoms with E-state index in [9.17, 15) is 0 Å². The number of nitrogens with zero attached hydrogens (tertiary/aromatic N) is 4. The van der Waals surface area contributed by atoms with Crippen molar-refractivity contribution < 1.29 is 9.15 Å². The zero-order valence-electron chi connectivity index (χ0n) is 18.1. The number of thioether (sulfide) groups is 1. The third kappa shape index (κ3) is 4.76. The highest BCUT2D eigenvalue weighted by molar-refractivity contribution is 7.98. The molecule has 1 aromatic carbocycles. The van der Waals surface area contributed by atoms with Gasteiger partial charge >= 0.3 is 0 Å². The SMILES string of the molecule is COc1ccc(-c2nc(CSc3nnc(Cc4cccs4)n3C3CCCCC3)co2)cc1. The largest absolute Gasteiger partial charge is 0.497 e. The lowest BCUT2D eigenvalue weighted by Gasteiger charge is -2.25. The van der Waals surface area contributed by atoms with Crippen LogP contribution in [0, 0.1) is 0 Å². The van der Waals surface area contributed by atoms with Gasteiger partial charge in [-0.1, -0.05) is 37.1 Å². The van der Waals surface area contributed by atoms with Crippen LogP contribution in [0.3, 0.4) is 0 Å². The summed E-state index contributed by atoms with van der Waals surface area (Å²) >= 11 is 3.47. The molecule has 0 spiro atoms. The van der Waals surface area contributed by atoms with E-state index in [2.05, 4.69) is 37.3 Å². The molecule has 0 bridgehead atoms. The van der Waals surface area contributed by atoms with E-state index in [0.717, 1.165) is 34.4 Å². The molecular weight excluding hydrogens is 440 g/mol. The highest BCUT2D eigenvalue weighted by Crippen LogP contribution is 2.34. The Morgan fingerprint density at radius 2 is 1.97 bits per heavy atom. The van der Waals surface area contributed by atoms with Gasteiger partial charge in [0.2, 0.25) is 5.89 Å². The molecule has 0 saturated heterocycles. The molecule has 0 radical (unpaired) electrons. The summed E-state index contributed by atoms with van der Waals surface area (Å²) in [5.74, 6) is 3.21. The quantitative estimate of drug-likeness (QED) is 0.280. The molecule has 6 nitrogen and oxygen atoms in total. The van der Waals surface area contributed by atoms with Crippen LogP contribution in [0.15, 0.2) is 57.6 Å². The van der Waals surface area contributed by atoms with Crippen LogP contribution in [0.25, 0.3) is 11.5 Å². The fourth-order valence-electron chi connectivity index (χ4n) is 4.18. The maximum absolute atomic E-state index is 5.73. The van der Waals surface area contributed by atoms with Crippen molar-refractivity contribution in [3.63, 3.8) is 0 Å². The Kier molecular flexibility index (Phi) is 6.59. The normalized spacial score (nSPS) is 14.7. The predicted molar refractivity (Wildman–Crippen MR) is 127 cm³/mol. The number of methoxy groups -OCH3 is 1. The van der Waals surface area contributed by atoms with Crippen molar-refractivity contribution in [1.29, 1.82) is 0 Å². The Labute approximate surface area is 196 Å². The highest BCUT2D eigenvalue weighted by Gasteiger charge is 2.23. The van der Waals surface area contributed by atoms with Gasteiger partial charge in [-0.2, -0.15) is 0 Å². The summed E-state index contributed by atoms with van der Waals surface area (Å²) in [5.41, 5.74) is 1.84. The monoisotopic (exact) mass is 466 g/mol. The molecule has 0 aliphatic heterocycles. The van der Waals surface area contributed by atoms with Crippen molar-refractivity contribution >= 4 is 23.1 Å². The Hall–Kier alpha value is -2.58. The topological polar surface area (TPSA) is 66.0 Å². The molecule has 1 aliphatic rings. The number of aromatic nitrogens is 4. The minimum atomic E-state index is 0.489. The van der Waals surface area contributed by atoms with Gasteiger partial charge in [-0.3, -0.25) is 0 Å². The van der Waals surface area contributed by atoms with Gasteiger partial charge in [0, 0.05) is 28.7 Å². The minimum absolute atomic E-state index is 0.489. The van der Waals surface area contributed by atoms with Gasteiger partial charge < -0.3 is 13.7 Å². The van der Waals surface area contributed by atoms with E-state index in [1.165, 1.54) is 37.0 Å². The predicted octanol–water partition coefficient (Wildman–Crippen LogP) is 6.39. The van der Waals surface area contributed by atoms with Crippen molar-refractivity contribution in [2.24, 2.45) is 0 Å². The van der Waals surface area contributed by atoms with E-state index in [4.69, 9.17) is 9.15 Å². The average Bonchev–Trinajstić information content (AvgIpc) is 3.60. The molecule has 1 fully saturated rings. The van der Waals surface area contributed by atoms with Crippen LogP contribution < -0.4 is 4.74 Å². The van der Waals surface area contributed by atoms with Crippen LogP contribution in [0.4, 0.5) is 0 Å². The van der Waals surface area contributed by atoms with Gasteiger partial charge in [0.1, 0.15) is 17.8 Å². The summed E-state index contributed by atoms with van der Waals surface area (Å²) in [6, 6.07) is 12.5. The second-order valence-electron chi connectivity index (χ2n) is 7.98. The van der Waals surface area contributed by atoms with E-state index in [1.54, 1.807) is 36.5 Å². The Balaban J connectivity index is 1.32. The number of thiophene rings is 1. The first-order chi connectivity index (χ1) is 15.8. The molecule has 0 N–H and O–H groups in total. The second-order valence-corrected chi connectivity index (χ2v) is 9.95. The first-order valence-corrected chi connectivity index (χ1v) is 12.8. The molecule has 166 valence electrons. The summed E-state index contributed by atoms with van der Waals surface area (Å²) in [6.07, 6.45) is 8.87. The summed E-state index contributed by atoms with van der Waals surface area (Å²) < 4.78 is 13.3. The van der Waals surface area contributed by atoms with Crippen LogP contribution in [0.5, 0.6) is 5.75 Å². The van der Waals surface area contributed by atoms with E-state index >= 15 is 0 Å². The average molecular weight is 467 g/mol. The molecule has 3 aromatic heterocycles. The summed E-state index contributed by atoms with van der Waals surface area (Å²) in [5, 5.41) is 12.3. The molecule has 8 heteroatoms. The number of ether oxygens (including phenoxy) is 1. The van der Waals surface area contributed by atoms with Gasteiger partial charge in [-0.15, -0.1) is 21.5 Å². The van der Waals surface area contributed by atoms with Crippen molar-refractivity contribution in [1.82, 2.24) is 19.7 Å². The van der Waals surface area contributed by atoms with Crippen molar-refractivity contribution in [3.8, 4) is 17.2 Å². The smallest absolute Gasteiger partial charge is 0.226 e. The first kappa shape index (κ1) is 21.3. The summed E-state index contributed by atoms with van der Waals surface area (Å²) in [7, 11) is 1.66. The Morgan fingerprint density at radius 3 is 2.72 bits per heavy atom. The number of hydrogen-bond acceptors (Lipinski definition) is 7. The van der Waals surface area contributed by atoms with Gasteiger partial charge in [0.05, 0.1) is 12.8 Å². The highest BCUT2D eigenvalue weighted by atomic mass is 32.2. The van der Waals surface area contributed by atoms with Crippen molar-refractivity contribution in [2.75, 3.05) is 7.11 Å². The van der Waals surface area contributed by atoms with Gasteiger partial charge in [0.15, 0.2) is 5.16 Å². The fraction of sp³-hybridized carbons (Fsp3) is 0.375. The van der Waals surface area contributed by atoms with Crippen LogP contribution in [-0.2, 0) is 12.2 Å². The molecule has 4 aromatic rings. The lowest BCUT2D eigenvalue weighted by atomic mass is 9.95. The lowest BCUT2D eigenvalue weighted by Crippen LogP contribution is -2.16. The van der Waals surface area contributed by atoms with Crippen LogP contribution in [0.2, 0.25) is 0 Å². The number of oxazole rings is 1. The molecule has 5 rings (SSSR count). The summed E-state index contributed by atoms with van der Waals surface area (Å²) in [6.45, 7) is 0. The maximum Gasteiger partial charge on any atom is 0.226 e. The third-order valence-electron chi connectivity index (χ3n) is 5.83. The number of rotatable bonds is 8. The molecule has 0 unspecified atom stereocenters. The van der Waals surface area contributed by atoms with E-state index in [-0.39, 0.29) is 0 Å². The third-order valence-corrected chi connectivity index (χ3v) is 7.68. The lowest BCUT2D eigenvalue weighted by molar-refractivity contribution is 0.330. The molecule has 1 saturated carbocycles. The molecule has 1 aliphatic carbocycles. The number of hydrogen-bond donors (Lipinski definition) is 0. The zero-order valence-corrected chi connectivity index (χ0v) is 19.7. The zero-order chi connectivity index (χ0) is 21.8. The molecule has 0 atom stereocenters. The Bertz CT molecular complexity index is 1130. The van der Waals surface area contributed by atoms with Crippen LogP contribution in [0.1, 0.15) is 54.5 Å². The molecule has 3 heterocycles. The first-order valence-electron chi connectivity index (χ1n) is 11.0. The maximum atomic E-state index is 5.73. The fourth-order valence-corrected chi connectivity index (χ4v) is 5.78. The standard InChI is InChI=1S/C24H26N4O2S2/c1-29-20-11-9-17(10-12-20)23-25-18(15-30-23)16-32-24-27-26-22(14-21-8-5-13-31-21)28(24)19-6-3-2-4-7-19/h5,8-13,15,19H,2-4,6-7,14,16H2,1H3. The molecule has 0 amide bonds. The second kappa shape index (κ2) is 9.92. The molecular formula is C24H26N4O2S2. The van der Waals surface area contributed by atoms with Crippen molar-refractivity contribution in [2.45, 2.75) is 55.5 Å². The van der Waals surface area contributed by atoms with Crippen molar-refractivity contribution in [3.05, 3.63) is 64.4 Å². The summed E-state index contributed by atoms with van der Waals surface area (Å²) in [4.78, 5) is 6.00. The van der Waals surface area contributed by atoms with Gasteiger partial charge in [-0.05, 0) is 48.6 Å². The van der Waals surface area contributed by atoms with Crippen LogP contribution in [-0.4, -0.2) is 26.9 Å². The van der Waals surface area contributed by atoms with E-state index in [0.29, 0.717) is 17.7 Å². The Morgan fingerprint density at radius 1 is 1.12 bits per heavy atom. The van der Waals surface area contributed by atoms with E-state index in [1.807, 2.05) is 24.3 Å². The minimum Gasteiger partial charge on any atom is -0.497 e. The van der Waals surface area contributed by atoms with Gasteiger partial charge in [-0.25, -0.2) is 4.98 Å².